The third-order valence-corrected chi connectivity index (χ3v) is 3.41. The Bertz CT molecular complexity index is 489. The van der Waals surface area contributed by atoms with Gasteiger partial charge >= 0.3 is 5.97 Å². The first-order valence-electron chi connectivity index (χ1n) is 6.21. The Morgan fingerprint density at radius 1 is 1.47 bits per heavy atom. The quantitative estimate of drug-likeness (QED) is 0.782. The monoisotopic (exact) mass is 265 g/mol. The summed E-state index contributed by atoms with van der Waals surface area (Å²) in [5, 5.41) is 0. The van der Waals surface area contributed by atoms with Crippen LogP contribution in [-0.2, 0) is 14.3 Å². The van der Waals surface area contributed by atoms with Gasteiger partial charge in [-0.25, -0.2) is 4.39 Å². The molecule has 1 fully saturated rings. The Kier molecular flexibility index (Phi) is 4.14. The lowest BCUT2D eigenvalue weighted by molar-refractivity contribution is -0.148. The molecule has 2 rings (SSSR count). The molecule has 0 N–H and O–H groups in total. The Morgan fingerprint density at radius 2 is 2.21 bits per heavy atom. The summed E-state index contributed by atoms with van der Waals surface area (Å²) in [7, 11) is 1.29. The number of hydrogen-bond donors (Lipinski definition) is 0. The number of amides is 1. The van der Waals surface area contributed by atoms with Crippen molar-refractivity contribution in [1.29, 1.82) is 0 Å². The Balaban J connectivity index is 2.02. The smallest absolute Gasteiger partial charge is 0.325 e. The largest absolute Gasteiger partial charge is 0.468 e. The van der Waals surface area contributed by atoms with Crippen LogP contribution >= 0.6 is 0 Å². The van der Waals surface area contributed by atoms with Gasteiger partial charge in [-0.1, -0.05) is 18.2 Å². The Labute approximate surface area is 111 Å². The number of ether oxygens (including phenoxy) is 1. The summed E-state index contributed by atoms with van der Waals surface area (Å²) in [6, 6.07) is 6.51. The van der Waals surface area contributed by atoms with Crippen molar-refractivity contribution in [2.24, 2.45) is 0 Å². The number of carbonyl (C=O) groups excluding carboxylic acids is 2. The fourth-order valence-corrected chi connectivity index (χ4v) is 2.34. The van der Waals surface area contributed by atoms with E-state index in [4.69, 9.17) is 0 Å². The normalized spacial score (nSPS) is 19.4. The summed E-state index contributed by atoms with van der Waals surface area (Å²) >= 11 is 0. The number of benzene rings is 1. The van der Waals surface area contributed by atoms with Gasteiger partial charge in [0.1, 0.15) is 12.4 Å². The molecule has 0 aliphatic carbocycles. The van der Waals surface area contributed by atoms with Crippen LogP contribution in [0.4, 0.5) is 4.39 Å². The van der Waals surface area contributed by atoms with Gasteiger partial charge in [-0.15, -0.1) is 0 Å². The number of esters is 1. The molecule has 1 aromatic carbocycles. The van der Waals surface area contributed by atoms with Crippen LogP contribution in [0, 0.1) is 5.82 Å². The molecule has 0 radical (unpaired) electrons. The molecule has 0 unspecified atom stereocenters. The van der Waals surface area contributed by atoms with Crippen molar-refractivity contribution in [2.45, 2.75) is 18.8 Å². The molecule has 102 valence electrons. The van der Waals surface area contributed by atoms with Gasteiger partial charge in [0.15, 0.2) is 0 Å². The first-order chi connectivity index (χ1) is 9.11. The summed E-state index contributed by atoms with van der Waals surface area (Å²) in [6.45, 7) is 0.423. The molecule has 1 aromatic rings. The van der Waals surface area contributed by atoms with E-state index in [0.29, 0.717) is 18.5 Å². The number of carbonyl (C=O) groups is 2. The molecule has 1 aliphatic heterocycles. The van der Waals surface area contributed by atoms with Crippen molar-refractivity contribution in [2.75, 3.05) is 20.2 Å². The molecular formula is C14H16FNO3. The van der Waals surface area contributed by atoms with E-state index in [1.165, 1.54) is 18.1 Å². The van der Waals surface area contributed by atoms with Crippen LogP contribution in [0.15, 0.2) is 24.3 Å². The minimum Gasteiger partial charge on any atom is -0.468 e. The molecule has 1 atom stereocenters. The van der Waals surface area contributed by atoms with Gasteiger partial charge in [0, 0.05) is 13.0 Å². The molecule has 1 saturated heterocycles. The second kappa shape index (κ2) is 5.82. The maximum atomic E-state index is 13.7. The van der Waals surface area contributed by atoms with E-state index in [1.807, 2.05) is 0 Å². The zero-order valence-electron chi connectivity index (χ0n) is 10.8. The summed E-state index contributed by atoms with van der Waals surface area (Å²) < 4.78 is 18.2. The highest BCUT2D eigenvalue weighted by Crippen LogP contribution is 2.30. The van der Waals surface area contributed by atoms with Crippen LogP contribution in [0.2, 0.25) is 0 Å². The lowest BCUT2D eigenvalue weighted by Crippen LogP contribution is -2.41. The van der Waals surface area contributed by atoms with Crippen LogP contribution in [-0.4, -0.2) is 37.0 Å². The van der Waals surface area contributed by atoms with Crippen LogP contribution in [0.1, 0.15) is 24.3 Å². The maximum absolute atomic E-state index is 13.7. The van der Waals surface area contributed by atoms with Crippen LogP contribution < -0.4 is 0 Å². The summed E-state index contributed by atoms with van der Waals surface area (Å²) in [6.07, 6.45) is 0.890. The van der Waals surface area contributed by atoms with Crippen molar-refractivity contribution in [3.8, 4) is 0 Å². The molecule has 1 aliphatic rings. The number of hydrogen-bond acceptors (Lipinski definition) is 3. The highest BCUT2D eigenvalue weighted by molar-refractivity contribution is 5.83. The average Bonchev–Trinajstić information content (AvgIpc) is 2.41. The van der Waals surface area contributed by atoms with Crippen molar-refractivity contribution >= 4 is 11.9 Å². The Morgan fingerprint density at radius 3 is 2.84 bits per heavy atom. The molecule has 4 nitrogen and oxygen atoms in total. The minimum absolute atomic E-state index is 0.0284. The van der Waals surface area contributed by atoms with Gasteiger partial charge < -0.3 is 9.64 Å². The van der Waals surface area contributed by atoms with Gasteiger partial charge in [-0.2, -0.15) is 0 Å². The van der Waals surface area contributed by atoms with Crippen molar-refractivity contribution in [3.05, 3.63) is 35.6 Å². The number of nitrogens with zero attached hydrogens (tertiary/aromatic N) is 1. The predicted octanol–water partition coefficient (Wildman–Crippen LogP) is 1.70. The topological polar surface area (TPSA) is 46.6 Å². The summed E-state index contributed by atoms with van der Waals surface area (Å²) in [5.74, 6) is -0.952. The van der Waals surface area contributed by atoms with E-state index < -0.39 is 5.97 Å². The van der Waals surface area contributed by atoms with Crippen molar-refractivity contribution in [3.63, 3.8) is 0 Å². The molecule has 0 bridgehead atoms. The maximum Gasteiger partial charge on any atom is 0.325 e. The molecule has 0 aromatic heterocycles. The van der Waals surface area contributed by atoms with E-state index in [9.17, 15) is 14.0 Å². The van der Waals surface area contributed by atoms with Gasteiger partial charge in [0.2, 0.25) is 5.91 Å². The van der Waals surface area contributed by atoms with Crippen LogP contribution in [0.25, 0.3) is 0 Å². The van der Waals surface area contributed by atoms with E-state index in [-0.39, 0.29) is 30.6 Å². The van der Waals surface area contributed by atoms with E-state index >= 15 is 0 Å². The molecule has 5 heteroatoms. The third-order valence-electron chi connectivity index (χ3n) is 3.41. The minimum atomic E-state index is -0.433. The first kappa shape index (κ1) is 13.5. The fourth-order valence-electron chi connectivity index (χ4n) is 2.34. The van der Waals surface area contributed by atoms with Crippen LogP contribution in [0.5, 0.6) is 0 Å². The van der Waals surface area contributed by atoms with Gasteiger partial charge in [-0.3, -0.25) is 9.59 Å². The summed E-state index contributed by atoms with van der Waals surface area (Å²) in [5.41, 5.74) is 0.577. The number of methoxy groups -OCH3 is 1. The van der Waals surface area contributed by atoms with Gasteiger partial charge in [0.05, 0.1) is 7.11 Å². The third kappa shape index (κ3) is 3.10. The molecule has 0 saturated carbocycles. The van der Waals surface area contributed by atoms with Crippen molar-refractivity contribution in [1.82, 2.24) is 4.90 Å². The molecular weight excluding hydrogens is 249 g/mol. The first-order valence-corrected chi connectivity index (χ1v) is 6.21. The lowest BCUT2D eigenvalue weighted by Gasteiger charge is -2.31. The van der Waals surface area contributed by atoms with Gasteiger partial charge in [0.25, 0.3) is 0 Å². The SMILES string of the molecule is COC(=O)CN1CC[C@H](c2ccccc2F)CC1=O. The Hall–Kier alpha value is -1.91. The predicted molar refractivity (Wildman–Crippen MR) is 67.0 cm³/mol. The van der Waals surface area contributed by atoms with E-state index in [0.717, 1.165) is 0 Å². The lowest BCUT2D eigenvalue weighted by atomic mass is 9.88. The number of piperidine rings is 1. The van der Waals surface area contributed by atoms with E-state index in [2.05, 4.69) is 4.74 Å². The summed E-state index contributed by atoms with van der Waals surface area (Å²) in [4.78, 5) is 24.6. The second-order valence-electron chi connectivity index (χ2n) is 4.60. The zero-order valence-corrected chi connectivity index (χ0v) is 10.8. The highest BCUT2D eigenvalue weighted by atomic mass is 19.1. The van der Waals surface area contributed by atoms with Gasteiger partial charge in [-0.05, 0) is 24.0 Å². The highest BCUT2D eigenvalue weighted by Gasteiger charge is 2.29. The standard InChI is InChI=1S/C14H16FNO3/c1-19-14(18)9-16-7-6-10(8-13(16)17)11-4-2-3-5-12(11)15/h2-5,10H,6-9H2,1H3/t10-/m0/s1. The average molecular weight is 265 g/mol. The zero-order chi connectivity index (χ0) is 13.8. The number of rotatable bonds is 3. The second-order valence-corrected chi connectivity index (χ2v) is 4.60. The molecule has 19 heavy (non-hydrogen) atoms. The van der Waals surface area contributed by atoms with Crippen LogP contribution in [0.3, 0.4) is 0 Å². The fraction of sp³-hybridized carbons (Fsp3) is 0.429. The van der Waals surface area contributed by atoms with E-state index in [1.54, 1.807) is 18.2 Å². The molecule has 1 amide bonds. The number of likely N-dealkylation sites (tertiary alicyclic amines) is 1. The van der Waals surface area contributed by atoms with Crippen molar-refractivity contribution < 1.29 is 18.7 Å². The molecule has 1 heterocycles. The number of halogens is 1. The molecule has 0 spiro atoms.